The predicted octanol–water partition coefficient (Wildman–Crippen LogP) is 4.20. The van der Waals surface area contributed by atoms with Gasteiger partial charge in [-0.3, -0.25) is 9.80 Å². The number of hydrogen-bond acceptors (Lipinski definition) is 5. The molecule has 0 N–H and O–H groups in total. The van der Waals surface area contributed by atoms with Gasteiger partial charge in [0.25, 0.3) is 0 Å². The van der Waals surface area contributed by atoms with E-state index < -0.39 is 0 Å². The van der Waals surface area contributed by atoms with E-state index >= 15 is 0 Å². The zero-order chi connectivity index (χ0) is 18.6. The van der Waals surface area contributed by atoms with Crippen LogP contribution in [-0.2, 0) is 6.54 Å². The Morgan fingerprint density at radius 2 is 1.89 bits per heavy atom. The van der Waals surface area contributed by atoms with Crippen molar-refractivity contribution in [1.29, 1.82) is 0 Å². The molecule has 0 bridgehead atoms. The van der Waals surface area contributed by atoms with E-state index in [1.54, 1.807) is 18.4 Å². The number of likely N-dealkylation sites (tertiary alicyclic amines) is 1. The van der Waals surface area contributed by atoms with Crippen molar-refractivity contribution >= 4 is 28.6 Å². The van der Waals surface area contributed by atoms with Crippen LogP contribution in [0, 0.1) is 0 Å². The molecule has 2 fully saturated rings. The van der Waals surface area contributed by atoms with Crippen LogP contribution in [-0.4, -0.2) is 62.2 Å². The van der Waals surface area contributed by atoms with Crippen LogP contribution in [0.4, 0.5) is 5.69 Å². The summed E-state index contributed by atoms with van der Waals surface area (Å²) in [6.45, 7) is 7.80. The van der Waals surface area contributed by atoms with Crippen LogP contribution in [0.3, 0.4) is 0 Å². The summed E-state index contributed by atoms with van der Waals surface area (Å²) in [5.41, 5.74) is 1.22. The number of rotatable bonds is 5. The highest BCUT2D eigenvalue weighted by molar-refractivity contribution is 7.16. The summed E-state index contributed by atoms with van der Waals surface area (Å²) in [6.07, 6.45) is 2.60. The maximum atomic E-state index is 6.09. The zero-order valence-electron chi connectivity index (χ0n) is 15.9. The number of benzene rings is 1. The molecule has 1 aromatic carbocycles. The number of nitrogens with zero attached hydrogens (tertiary/aromatic N) is 3. The normalized spacial score (nSPS) is 22.1. The molecule has 0 aliphatic carbocycles. The second-order valence-electron chi connectivity index (χ2n) is 7.43. The van der Waals surface area contributed by atoms with Gasteiger partial charge in [0.1, 0.15) is 5.75 Å². The van der Waals surface area contributed by atoms with Gasteiger partial charge in [-0.2, -0.15) is 0 Å². The number of ether oxygens (including phenoxy) is 1. The van der Waals surface area contributed by atoms with Gasteiger partial charge < -0.3 is 9.64 Å². The summed E-state index contributed by atoms with van der Waals surface area (Å²) in [4.78, 5) is 9.13. The Kier molecular flexibility index (Phi) is 6.23. The van der Waals surface area contributed by atoms with Crippen molar-refractivity contribution in [1.82, 2.24) is 9.80 Å². The van der Waals surface area contributed by atoms with Gasteiger partial charge >= 0.3 is 0 Å². The Balaban J connectivity index is 1.32. The Morgan fingerprint density at radius 3 is 2.63 bits per heavy atom. The first-order valence-electron chi connectivity index (χ1n) is 9.81. The first kappa shape index (κ1) is 19.1. The van der Waals surface area contributed by atoms with E-state index in [4.69, 9.17) is 16.3 Å². The van der Waals surface area contributed by atoms with E-state index in [1.165, 1.54) is 36.5 Å². The van der Waals surface area contributed by atoms with E-state index in [0.717, 1.165) is 42.8 Å². The molecule has 4 nitrogen and oxygen atoms in total. The first-order valence-corrected chi connectivity index (χ1v) is 11.0. The summed E-state index contributed by atoms with van der Waals surface area (Å²) in [5.74, 6) is 0.976. The fourth-order valence-corrected chi connectivity index (χ4v) is 5.48. The lowest BCUT2D eigenvalue weighted by Gasteiger charge is -2.44. The third-order valence-corrected chi connectivity index (χ3v) is 6.96. The zero-order valence-corrected chi connectivity index (χ0v) is 17.5. The number of thiophene rings is 1. The Labute approximate surface area is 171 Å². The van der Waals surface area contributed by atoms with Gasteiger partial charge in [-0.15, -0.1) is 11.3 Å². The maximum Gasteiger partial charge on any atom is 0.142 e. The van der Waals surface area contributed by atoms with E-state index in [9.17, 15) is 0 Å². The van der Waals surface area contributed by atoms with Crippen molar-refractivity contribution in [3.63, 3.8) is 0 Å². The fourth-order valence-electron chi connectivity index (χ4n) is 4.35. The lowest BCUT2D eigenvalue weighted by atomic mass is 10.0. The SMILES string of the molecule is COc1ccccc1N1CCN(C2CCCN(Cc3ccc(Cl)s3)C2)CC1. The van der Waals surface area contributed by atoms with Crippen molar-refractivity contribution in [2.45, 2.75) is 25.4 Å². The summed E-state index contributed by atoms with van der Waals surface area (Å²) in [5, 5.41) is 0. The third-order valence-electron chi connectivity index (χ3n) is 5.75. The van der Waals surface area contributed by atoms with Crippen molar-refractivity contribution in [3.8, 4) is 5.75 Å². The molecule has 3 heterocycles. The lowest BCUT2D eigenvalue weighted by Crippen LogP contribution is -2.55. The topological polar surface area (TPSA) is 19.0 Å². The Bertz CT molecular complexity index is 745. The average molecular weight is 406 g/mol. The highest BCUT2D eigenvalue weighted by Crippen LogP contribution is 2.29. The van der Waals surface area contributed by atoms with Gasteiger partial charge in [0.2, 0.25) is 0 Å². The molecule has 146 valence electrons. The number of anilines is 1. The largest absolute Gasteiger partial charge is 0.495 e. The molecule has 6 heteroatoms. The van der Waals surface area contributed by atoms with Gasteiger partial charge in [-0.25, -0.2) is 0 Å². The van der Waals surface area contributed by atoms with Gasteiger partial charge in [0.15, 0.2) is 0 Å². The number of methoxy groups -OCH3 is 1. The van der Waals surface area contributed by atoms with Gasteiger partial charge in [0.05, 0.1) is 17.1 Å². The smallest absolute Gasteiger partial charge is 0.142 e. The number of para-hydroxylation sites is 2. The molecule has 2 saturated heterocycles. The van der Waals surface area contributed by atoms with Crippen LogP contribution >= 0.6 is 22.9 Å². The number of halogens is 1. The number of hydrogen-bond donors (Lipinski definition) is 0. The van der Waals surface area contributed by atoms with Crippen LogP contribution in [0.25, 0.3) is 0 Å². The van der Waals surface area contributed by atoms with Crippen LogP contribution in [0.1, 0.15) is 17.7 Å². The third kappa shape index (κ3) is 4.60. The van der Waals surface area contributed by atoms with Crippen molar-refractivity contribution < 1.29 is 4.74 Å². The lowest BCUT2D eigenvalue weighted by molar-refractivity contribution is 0.0892. The van der Waals surface area contributed by atoms with Gasteiger partial charge in [-0.05, 0) is 43.7 Å². The number of piperidine rings is 1. The summed E-state index contributed by atoms with van der Waals surface area (Å²) in [6, 6.07) is 13.2. The van der Waals surface area contributed by atoms with Crippen molar-refractivity contribution in [2.24, 2.45) is 0 Å². The van der Waals surface area contributed by atoms with E-state index in [1.807, 2.05) is 12.1 Å². The van der Waals surface area contributed by atoms with Gasteiger partial charge in [-0.1, -0.05) is 23.7 Å². The van der Waals surface area contributed by atoms with E-state index in [-0.39, 0.29) is 0 Å². The molecule has 27 heavy (non-hydrogen) atoms. The highest BCUT2D eigenvalue weighted by atomic mass is 35.5. The first-order chi connectivity index (χ1) is 13.2. The molecule has 2 aromatic rings. The van der Waals surface area contributed by atoms with E-state index in [2.05, 4.69) is 39.0 Å². The molecule has 1 aromatic heterocycles. The maximum absolute atomic E-state index is 6.09. The molecule has 0 saturated carbocycles. The summed E-state index contributed by atoms with van der Waals surface area (Å²) < 4.78 is 6.44. The van der Waals surface area contributed by atoms with Crippen LogP contribution in [0.15, 0.2) is 36.4 Å². The predicted molar refractivity (Wildman–Crippen MR) is 114 cm³/mol. The monoisotopic (exact) mass is 405 g/mol. The molecule has 2 aliphatic rings. The van der Waals surface area contributed by atoms with E-state index in [0.29, 0.717) is 6.04 Å². The Hall–Kier alpha value is -1.27. The molecule has 2 aliphatic heterocycles. The van der Waals surface area contributed by atoms with Crippen molar-refractivity contribution in [3.05, 3.63) is 45.6 Å². The molecular formula is C21H28ClN3OS. The molecule has 0 amide bonds. The molecule has 1 unspecified atom stereocenters. The van der Waals surface area contributed by atoms with Crippen molar-refractivity contribution in [2.75, 3.05) is 51.3 Å². The summed E-state index contributed by atoms with van der Waals surface area (Å²) in [7, 11) is 1.76. The standard InChI is InChI=1S/C21H28ClN3OS/c1-26-20-7-3-2-6-19(20)25-13-11-24(12-14-25)17-5-4-10-23(15-17)16-18-8-9-21(22)27-18/h2-3,6-9,17H,4-5,10-16H2,1H3. The molecule has 0 spiro atoms. The average Bonchev–Trinajstić information content (AvgIpc) is 3.13. The molecule has 4 rings (SSSR count). The molecular weight excluding hydrogens is 378 g/mol. The van der Waals surface area contributed by atoms with Gasteiger partial charge in [0, 0.05) is 50.2 Å². The second-order valence-corrected chi connectivity index (χ2v) is 9.23. The molecule has 0 radical (unpaired) electrons. The van der Waals surface area contributed by atoms with Crippen LogP contribution in [0.5, 0.6) is 5.75 Å². The minimum absolute atomic E-state index is 0.675. The van der Waals surface area contributed by atoms with Crippen LogP contribution in [0.2, 0.25) is 4.34 Å². The Morgan fingerprint density at radius 1 is 1.07 bits per heavy atom. The quantitative estimate of drug-likeness (QED) is 0.742. The minimum Gasteiger partial charge on any atom is -0.495 e. The number of piperazine rings is 1. The highest BCUT2D eigenvalue weighted by Gasteiger charge is 2.28. The second kappa shape index (κ2) is 8.82. The fraction of sp³-hybridized carbons (Fsp3) is 0.524. The summed E-state index contributed by atoms with van der Waals surface area (Å²) >= 11 is 7.80. The van der Waals surface area contributed by atoms with Crippen LogP contribution < -0.4 is 9.64 Å². The molecule has 1 atom stereocenters. The minimum atomic E-state index is 0.675.